The van der Waals surface area contributed by atoms with Crippen LogP contribution in [0.15, 0.2) is 67.8 Å². The zero-order chi connectivity index (χ0) is 66.7. The molecule has 8 rings (SSSR count). The van der Waals surface area contributed by atoms with Crippen LogP contribution < -0.4 is 44.6 Å². The number of nitrogens with one attached hydrogen (secondary N) is 1. The summed E-state index contributed by atoms with van der Waals surface area (Å²) in [7, 11) is -5.32. The molecule has 0 aliphatic carbocycles. The van der Waals surface area contributed by atoms with Gasteiger partial charge in [-0.2, -0.15) is 5.70 Å². The van der Waals surface area contributed by atoms with Crippen LogP contribution in [0.5, 0.6) is 0 Å². The van der Waals surface area contributed by atoms with Crippen molar-refractivity contribution in [1.82, 2.24) is 14.9 Å². The number of carbonyl (C=O) groups excluding carboxylic acids is 7. The Bertz CT molecular complexity index is 3550. The fourth-order valence-corrected chi connectivity index (χ4v) is 16.4. The zero-order valence-electron chi connectivity index (χ0n) is 54.0. The molecule has 509 valence electrons. The van der Waals surface area contributed by atoms with Gasteiger partial charge in [0.15, 0.2) is 6.23 Å². The van der Waals surface area contributed by atoms with E-state index in [1.54, 1.807) is 6.92 Å². The van der Waals surface area contributed by atoms with Crippen molar-refractivity contribution in [3.05, 3.63) is 69.2 Å². The van der Waals surface area contributed by atoms with Gasteiger partial charge in [-0.05, 0) is 119 Å². The van der Waals surface area contributed by atoms with Crippen LogP contribution in [-0.2, 0) is 68.7 Å². The van der Waals surface area contributed by atoms with Gasteiger partial charge in [0.25, 0.3) is 7.82 Å². The molecule has 2 saturated heterocycles. The van der Waals surface area contributed by atoms with E-state index in [4.69, 9.17) is 68.5 Å². The molecule has 8 bridgehead atoms. The summed E-state index contributed by atoms with van der Waals surface area (Å²) < 4.78 is 31.9. The molecule has 92 heavy (non-hydrogen) atoms. The fraction of sp³-hybridized carbons (Fsp3) is 0.629. The number of phosphoric acid groups is 1. The van der Waals surface area contributed by atoms with E-state index in [0.29, 0.717) is 56.4 Å². The number of benzene rings is 1. The molecule has 2 unspecified atom stereocenters. The first-order valence-electron chi connectivity index (χ1n) is 30.5. The molecule has 2 aromatic rings. The van der Waals surface area contributed by atoms with Crippen LogP contribution in [0.4, 0.5) is 0 Å². The Morgan fingerprint density at radius 1 is 0.793 bits per heavy atom. The minimum Gasteiger partial charge on any atom is -0.756 e. The summed E-state index contributed by atoms with van der Waals surface area (Å²) in [5.41, 5.74) is 36.7. The Kier molecular flexibility index (Phi) is 22.5. The number of nitrogens with zero attached hydrogens (tertiary/aromatic N) is 6. The van der Waals surface area contributed by atoms with Crippen molar-refractivity contribution < 1.29 is 89.3 Å². The quantitative estimate of drug-likeness (QED) is 0.0611. The fourth-order valence-electron chi connectivity index (χ4n) is 15.3. The van der Waals surface area contributed by atoms with Crippen LogP contribution >= 0.6 is 7.82 Å². The number of aryl methyl sites for hydroxylation is 2. The predicted molar refractivity (Wildman–Crippen MR) is 335 cm³/mol. The number of carbonyl (C=O) groups is 7. The predicted octanol–water partition coefficient (Wildman–Crippen LogP) is 2.49. The van der Waals surface area contributed by atoms with E-state index < -0.39 is 143 Å². The molecule has 7 amide bonds. The van der Waals surface area contributed by atoms with E-state index in [1.807, 2.05) is 80.5 Å². The van der Waals surface area contributed by atoms with Gasteiger partial charge in [0, 0.05) is 125 Å². The van der Waals surface area contributed by atoms with Gasteiger partial charge in [-0.3, -0.25) is 53.1 Å². The average molecular weight is 1350 g/mol. The number of aliphatic hydroxyl groups excluding tert-OH is 2. The van der Waals surface area contributed by atoms with Crippen molar-refractivity contribution >= 4 is 77.3 Å². The number of hydrogen-bond acceptors (Lipinski definition) is 18. The summed E-state index contributed by atoms with van der Waals surface area (Å²) in [6.07, 6.45) is -4.79. The summed E-state index contributed by atoms with van der Waals surface area (Å²) in [5, 5.41) is 30.1. The monoisotopic (exact) mass is 1350 g/mol. The standard InChI is InChI=1S/C62H90N13O14P.Co.H2O/c1-29-20-39-40(21-30(29)2)75(28-70-39)57-52(84)53(41(27-76)87-57)89-90(85,86)88-31(3)26-69-49(83)18-19-59(8)37(22-46(66)80)56-62(11)61(10,25-48(68)82)36(14-17-45(65)79)51(74-62)33(5)55-60(9,24-47(67)81)34(12-15-43(63)77)38(71-55)23-42-58(6,7)35(13-16-44(64)78)50(72-42)32(4)54(59)73-56;;/h20-21,23,28,31,34-37,41,52-53,56-57,76,84H,12-19,22,24-27H2,1-11H3,(H15,63,64,65,66,67,68,69,71,72,73,74,77,78,79,80,81,82,83,85,86);;1H2/p-2/t31-,34+,35+,36+,37-,41+,52+,53+,56?,57-,59+,60-,61-,62-;;/m0../s1. The third-order valence-corrected chi connectivity index (χ3v) is 21.6. The Labute approximate surface area is 545 Å². The normalized spacial score (nSPS) is 33.5. The van der Waals surface area contributed by atoms with Crippen LogP contribution in [0, 0.1) is 59.2 Å². The van der Waals surface area contributed by atoms with Gasteiger partial charge in [-0.1, -0.05) is 40.7 Å². The number of aromatic nitrogens is 2. The van der Waals surface area contributed by atoms with E-state index in [0.717, 1.165) is 11.1 Å². The number of allylic oxidation sites excluding steroid dienone is 6. The van der Waals surface area contributed by atoms with Crippen LogP contribution in [0.2, 0.25) is 0 Å². The number of primary amides is 6. The summed E-state index contributed by atoms with van der Waals surface area (Å²) >= 11 is 0. The maximum absolute atomic E-state index is 14.4. The van der Waals surface area contributed by atoms with Crippen molar-refractivity contribution in [1.29, 1.82) is 0 Å². The number of rotatable bonds is 26. The minimum absolute atomic E-state index is 0. The summed E-state index contributed by atoms with van der Waals surface area (Å²) in [6, 6.07) is 2.65. The Hall–Kier alpha value is -6.53. The molecule has 6 aliphatic rings. The van der Waals surface area contributed by atoms with E-state index in [1.165, 1.54) is 17.8 Å². The van der Waals surface area contributed by atoms with Crippen LogP contribution in [0.1, 0.15) is 150 Å². The molecule has 6 aliphatic heterocycles. The van der Waals surface area contributed by atoms with Gasteiger partial charge < -0.3 is 84.0 Å². The molecule has 2 fully saturated rings. The van der Waals surface area contributed by atoms with E-state index >= 15 is 0 Å². The summed E-state index contributed by atoms with van der Waals surface area (Å²) in [4.78, 5) is 128. The molecule has 0 saturated carbocycles. The van der Waals surface area contributed by atoms with Crippen molar-refractivity contribution in [2.24, 2.45) is 94.7 Å². The zero-order valence-corrected chi connectivity index (χ0v) is 55.9. The number of imidazole rings is 1. The largest absolute Gasteiger partial charge is 0.756 e. The number of ether oxygens (including phenoxy) is 1. The summed E-state index contributed by atoms with van der Waals surface area (Å²) in [6.45, 7) is 19.0. The van der Waals surface area contributed by atoms with Crippen molar-refractivity contribution in [3.63, 3.8) is 0 Å². The Morgan fingerprint density at radius 3 is 1.96 bits per heavy atom. The first kappa shape index (κ1) is 74.5. The van der Waals surface area contributed by atoms with Crippen molar-refractivity contribution in [2.45, 2.75) is 189 Å². The number of aliphatic imine (C=N–C) groups is 3. The number of hydrogen-bond donors (Lipinski definition) is 9. The molecule has 1 radical (unpaired) electrons. The second kappa shape index (κ2) is 27.8. The van der Waals surface area contributed by atoms with Gasteiger partial charge in [0.2, 0.25) is 41.4 Å². The maximum atomic E-state index is 14.4. The summed E-state index contributed by atoms with van der Waals surface area (Å²) in [5.74, 6) is -7.40. The molecule has 1 aromatic heterocycles. The topological polar surface area (TPSA) is 496 Å². The van der Waals surface area contributed by atoms with Crippen LogP contribution in [0.25, 0.3) is 16.4 Å². The molecule has 17 N–H and O–H groups in total. The third kappa shape index (κ3) is 14.1. The molecular weight excluding hydrogens is 1260 g/mol. The maximum Gasteiger partial charge on any atom is 0.268 e. The minimum atomic E-state index is -5.32. The van der Waals surface area contributed by atoms with E-state index in [2.05, 4.69) is 10.3 Å². The molecule has 30 heteroatoms. The first-order chi connectivity index (χ1) is 41.8. The molecule has 28 nitrogen and oxygen atoms in total. The van der Waals surface area contributed by atoms with Gasteiger partial charge in [0.05, 0.1) is 41.3 Å². The Balaban J connectivity index is 0.00000672. The van der Waals surface area contributed by atoms with Gasteiger partial charge in [-0.15, -0.1) is 0 Å². The van der Waals surface area contributed by atoms with Gasteiger partial charge in [-0.25, -0.2) is 4.98 Å². The second-order valence-corrected chi connectivity index (χ2v) is 28.3. The number of nitrogens with two attached hydrogens (primary N) is 6. The van der Waals surface area contributed by atoms with E-state index in [9.17, 15) is 53.2 Å². The molecule has 0 spiro atoms. The first-order valence-corrected chi connectivity index (χ1v) is 32.0. The van der Waals surface area contributed by atoms with Gasteiger partial charge >= 0.3 is 0 Å². The smallest absolute Gasteiger partial charge is 0.268 e. The van der Waals surface area contributed by atoms with Crippen LogP contribution in [0.3, 0.4) is 0 Å². The van der Waals surface area contributed by atoms with Crippen LogP contribution in [-0.4, -0.2) is 133 Å². The van der Waals surface area contributed by atoms with Gasteiger partial charge in [0.1, 0.15) is 18.3 Å². The average Bonchev–Trinajstić information content (AvgIpc) is 1.53. The number of fused-ring (bicyclic) bond motifs is 7. The van der Waals surface area contributed by atoms with Crippen molar-refractivity contribution in [2.75, 3.05) is 13.2 Å². The number of amides is 7. The molecule has 7 heterocycles. The molecule has 15 atom stereocenters. The third-order valence-electron chi connectivity index (χ3n) is 20.5. The van der Waals surface area contributed by atoms with E-state index in [-0.39, 0.29) is 99.4 Å². The number of phosphoric ester groups is 1. The molecular formula is C62H90CoN13O15P-2. The number of aliphatic hydroxyl groups is 2. The SMILES string of the molecule is C/C1=C2/[N-]C([C@H](CC(N)=O)[C@@]2(C)CCC(=O)NC[C@H](C)OP(=O)([O-])O[C@H]2[C@@H](O)[C@@H](n3cnc4cc(C)c(C)cc43)O[C@@H]2CO)[C@]2(C)N=C(/C(C)=C3N=C(/C=C4N=C1[C@@H](CCC(N)=O)C\4(C)C)[C@@H](CCC(N)=O)[C@]\3(C)CC(N)=O)[C@@H](CCC(N)=O)[C@]2(C)CC(N)=O.O.[Co]. The molecule has 1 aromatic carbocycles. The second-order valence-electron chi connectivity index (χ2n) is 27.0. The van der Waals surface area contributed by atoms with Crippen molar-refractivity contribution in [3.8, 4) is 0 Å². The Morgan fingerprint density at radius 2 is 1.38 bits per heavy atom.